The third kappa shape index (κ3) is 5.31. The second-order valence-electron chi connectivity index (χ2n) is 6.80. The highest BCUT2D eigenvalue weighted by Gasteiger charge is 2.27. The summed E-state index contributed by atoms with van der Waals surface area (Å²) in [5.41, 5.74) is 1.77. The number of carbonyl (C=O) groups is 1. The minimum Gasteiger partial charge on any atom is -0.344 e. The number of hydrogen-bond donors (Lipinski definition) is 2. The van der Waals surface area contributed by atoms with Crippen LogP contribution in [-0.4, -0.2) is 20.4 Å². The number of nitrogens with one attached hydrogen (secondary N) is 2. The Balaban J connectivity index is 1.82. The molecule has 1 unspecified atom stereocenters. The van der Waals surface area contributed by atoms with Gasteiger partial charge < -0.3 is 5.32 Å². The van der Waals surface area contributed by atoms with Crippen LogP contribution in [0.25, 0.3) is 0 Å². The van der Waals surface area contributed by atoms with Gasteiger partial charge >= 0.3 is 0 Å². The molecule has 30 heavy (non-hydrogen) atoms. The third-order valence-electron chi connectivity index (χ3n) is 4.70. The Hall–Kier alpha value is -3.03. The number of carbonyl (C=O) groups excluding carboxylic acids is 1. The van der Waals surface area contributed by atoms with Gasteiger partial charge in [-0.05, 0) is 41.8 Å². The average molecular weight is 427 g/mol. The van der Waals surface area contributed by atoms with E-state index in [1.54, 1.807) is 6.92 Å². The maximum absolute atomic E-state index is 13.1. The lowest BCUT2D eigenvalue weighted by Crippen LogP contribution is -2.47. The van der Waals surface area contributed by atoms with Crippen molar-refractivity contribution in [2.45, 2.75) is 30.3 Å². The summed E-state index contributed by atoms with van der Waals surface area (Å²) in [5, 5.41) is 2.96. The van der Waals surface area contributed by atoms with Crippen molar-refractivity contribution in [3.05, 3.63) is 102 Å². The Bertz CT molecular complexity index is 1030. The molecule has 0 saturated heterocycles. The summed E-state index contributed by atoms with van der Waals surface area (Å²) in [4.78, 5) is 12.9. The Morgan fingerprint density at radius 3 is 1.83 bits per heavy atom. The van der Waals surface area contributed by atoms with Crippen LogP contribution < -0.4 is 10.0 Å². The van der Waals surface area contributed by atoms with Crippen LogP contribution in [0, 0.1) is 5.82 Å². The molecule has 5 nitrogen and oxygen atoms in total. The van der Waals surface area contributed by atoms with Crippen molar-refractivity contribution in [2.24, 2.45) is 0 Å². The van der Waals surface area contributed by atoms with E-state index < -0.39 is 33.8 Å². The summed E-state index contributed by atoms with van der Waals surface area (Å²) < 4.78 is 40.8. The number of benzene rings is 3. The molecule has 1 amide bonds. The minimum atomic E-state index is -3.98. The third-order valence-corrected chi connectivity index (χ3v) is 6.19. The Morgan fingerprint density at radius 1 is 0.867 bits per heavy atom. The smallest absolute Gasteiger partial charge is 0.241 e. The van der Waals surface area contributed by atoms with Gasteiger partial charge in [0, 0.05) is 0 Å². The van der Waals surface area contributed by atoms with Gasteiger partial charge in [-0.2, -0.15) is 4.72 Å². The lowest BCUT2D eigenvalue weighted by molar-refractivity contribution is -0.123. The van der Waals surface area contributed by atoms with Crippen molar-refractivity contribution in [1.29, 1.82) is 0 Å². The molecule has 0 aliphatic carbocycles. The van der Waals surface area contributed by atoms with Gasteiger partial charge in [0.15, 0.2) is 0 Å². The molecular weight excluding hydrogens is 403 g/mol. The molecule has 0 saturated carbocycles. The van der Waals surface area contributed by atoms with E-state index in [4.69, 9.17) is 0 Å². The van der Waals surface area contributed by atoms with E-state index in [1.165, 1.54) is 12.1 Å². The van der Waals surface area contributed by atoms with Crippen LogP contribution in [0.5, 0.6) is 0 Å². The van der Waals surface area contributed by atoms with Crippen LogP contribution in [0.2, 0.25) is 0 Å². The first-order valence-corrected chi connectivity index (χ1v) is 11.1. The highest BCUT2D eigenvalue weighted by molar-refractivity contribution is 7.89. The van der Waals surface area contributed by atoms with Crippen LogP contribution in [0.3, 0.4) is 0 Å². The molecule has 0 aliphatic rings. The van der Waals surface area contributed by atoms with Crippen molar-refractivity contribution in [3.63, 3.8) is 0 Å². The quantitative estimate of drug-likeness (QED) is 0.576. The molecule has 0 fully saturated rings. The maximum atomic E-state index is 13.1. The zero-order valence-corrected chi connectivity index (χ0v) is 17.3. The average Bonchev–Trinajstić information content (AvgIpc) is 2.77. The van der Waals surface area contributed by atoms with Crippen LogP contribution in [-0.2, 0) is 14.8 Å². The summed E-state index contributed by atoms with van der Waals surface area (Å²) >= 11 is 0. The van der Waals surface area contributed by atoms with E-state index in [1.807, 2.05) is 60.7 Å². The Labute approximate surface area is 176 Å². The van der Waals surface area contributed by atoms with Crippen molar-refractivity contribution in [3.8, 4) is 0 Å². The van der Waals surface area contributed by atoms with Gasteiger partial charge in [-0.15, -0.1) is 0 Å². The predicted molar refractivity (Wildman–Crippen MR) is 114 cm³/mol. The Morgan fingerprint density at radius 2 is 1.37 bits per heavy atom. The number of amides is 1. The van der Waals surface area contributed by atoms with Gasteiger partial charge in [-0.3, -0.25) is 4.79 Å². The van der Waals surface area contributed by atoms with Gasteiger partial charge in [0.1, 0.15) is 11.9 Å². The summed E-state index contributed by atoms with van der Waals surface area (Å²) in [6.45, 7) is 1.72. The molecule has 0 aromatic heterocycles. The molecule has 2 N–H and O–H groups in total. The molecule has 1 atom stereocenters. The maximum Gasteiger partial charge on any atom is 0.241 e. The molecule has 156 valence electrons. The fourth-order valence-corrected chi connectivity index (χ4v) is 4.36. The predicted octanol–water partition coefficient (Wildman–Crippen LogP) is 3.79. The van der Waals surface area contributed by atoms with Crippen LogP contribution in [0.15, 0.2) is 89.8 Å². The zero-order valence-electron chi connectivity index (χ0n) is 16.5. The van der Waals surface area contributed by atoms with Crippen LogP contribution >= 0.6 is 0 Å². The molecule has 0 radical (unpaired) electrons. The SMILES string of the molecule is CCC(NS(=O)(=O)c1ccc(F)cc1)C(=O)NC(c1ccccc1)c1ccccc1. The highest BCUT2D eigenvalue weighted by atomic mass is 32.2. The van der Waals surface area contributed by atoms with E-state index in [0.29, 0.717) is 0 Å². The van der Waals surface area contributed by atoms with Gasteiger partial charge in [0.05, 0.1) is 10.9 Å². The van der Waals surface area contributed by atoms with E-state index in [0.717, 1.165) is 23.3 Å². The highest BCUT2D eigenvalue weighted by Crippen LogP contribution is 2.22. The summed E-state index contributed by atoms with van der Waals surface area (Å²) in [6, 6.07) is 22.0. The van der Waals surface area contributed by atoms with Crippen molar-refractivity contribution < 1.29 is 17.6 Å². The molecular formula is C23H23FN2O3S. The normalized spacial score (nSPS) is 12.5. The molecule has 0 bridgehead atoms. The molecule has 3 aromatic rings. The summed E-state index contributed by atoms with van der Waals surface area (Å²) in [7, 11) is -3.98. The minimum absolute atomic E-state index is 0.0992. The van der Waals surface area contributed by atoms with E-state index in [-0.39, 0.29) is 11.3 Å². The fraction of sp³-hybridized carbons (Fsp3) is 0.174. The lowest BCUT2D eigenvalue weighted by Gasteiger charge is -2.23. The molecule has 0 aliphatic heterocycles. The largest absolute Gasteiger partial charge is 0.344 e. The van der Waals surface area contributed by atoms with Gasteiger partial charge in [-0.25, -0.2) is 12.8 Å². The molecule has 0 heterocycles. The topological polar surface area (TPSA) is 75.3 Å². The molecule has 7 heteroatoms. The second kappa shape index (κ2) is 9.65. The van der Waals surface area contributed by atoms with Crippen molar-refractivity contribution >= 4 is 15.9 Å². The second-order valence-corrected chi connectivity index (χ2v) is 8.51. The van der Waals surface area contributed by atoms with E-state index >= 15 is 0 Å². The number of hydrogen-bond acceptors (Lipinski definition) is 3. The number of rotatable bonds is 8. The number of halogens is 1. The van der Waals surface area contributed by atoms with Gasteiger partial charge in [0.25, 0.3) is 0 Å². The molecule has 0 spiro atoms. The van der Waals surface area contributed by atoms with E-state index in [9.17, 15) is 17.6 Å². The van der Waals surface area contributed by atoms with Gasteiger partial charge in [-0.1, -0.05) is 67.6 Å². The number of sulfonamides is 1. The summed E-state index contributed by atoms with van der Waals surface area (Å²) in [5.74, 6) is -0.979. The standard InChI is InChI=1S/C23H23FN2O3S/c1-2-21(26-30(28,29)20-15-13-19(24)14-16-20)23(27)25-22(17-9-5-3-6-10-17)18-11-7-4-8-12-18/h3-16,21-22,26H,2H2,1H3,(H,25,27). The fourth-order valence-electron chi connectivity index (χ4n) is 3.08. The first-order valence-electron chi connectivity index (χ1n) is 9.59. The molecule has 3 aromatic carbocycles. The van der Waals surface area contributed by atoms with Crippen molar-refractivity contribution in [2.75, 3.05) is 0 Å². The first kappa shape index (κ1) is 21.7. The first-order chi connectivity index (χ1) is 14.4. The van der Waals surface area contributed by atoms with Gasteiger partial charge in [0.2, 0.25) is 15.9 Å². The zero-order chi connectivity index (χ0) is 21.6. The van der Waals surface area contributed by atoms with Crippen LogP contribution in [0.4, 0.5) is 4.39 Å². The van der Waals surface area contributed by atoms with Crippen molar-refractivity contribution in [1.82, 2.24) is 10.0 Å². The van der Waals surface area contributed by atoms with Crippen LogP contribution in [0.1, 0.15) is 30.5 Å². The van der Waals surface area contributed by atoms with E-state index in [2.05, 4.69) is 10.0 Å². The molecule has 3 rings (SSSR count). The lowest BCUT2D eigenvalue weighted by atomic mass is 9.98. The monoisotopic (exact) mass is 426 g/mol. The summed E-state index contributed by atoms with van der Waals surface area (Å²) in [6.07, 6.45) is 0.253. The Kier molecular flexibility index (Phi) is 6.97.